The second-order valence-electron chi connectivity index (χ2n) is 7.02. The van der Waals surface area contributed by atoms with Gasteiger partial charge in [-0.3, -0.25) is 14.5 Å². The van der Waals surface area contributed by atoms with Gasteiger partial charge < -0.3 is 20.3 Å². The summed E-state index contributed by atoms with van der Waals surface area (Å²) in [6.45, 7) is 4.98. The van der Waals surface area contributed by atoms with Gasteiger partial charge in [-0.1, -0.05) is 12.1 Å². The highest BCUT2D eigenvalue weighted by Crippen LogP contribution is 2.28. The first-order chi connectivity index (χ1) is 12.6. The molecule has 0 bridgehead atoms. The quantitative estimate of drug-likeness (QED) is 0.829. The van der Waals surface area contributed by atoms with E-state index in [1.807, 2.05) is 18.2 Å². The van der Waals surface area contributed by atoms with Crippen LogP contribution < -0.4 is 15.4 Å². The number of para-hydroxylation sites is 2. The molecule has 0 aliphatic carbocycles. The Balaban J connectivity index is 1.51. The molecule has 2 amide bonds. The standard InChI is InChI=1S/C19H28N4O3/c1-26-17-7-3-2-6-16(17)22-11-9-21(10-12-22)14-18(24)23-8-4-5-15(13-23)19(20)25/h2-3,6-7,15H,4-5,8-14H2,1H3,(H2,20,25)/t15-/m0/s1. The van der Waals surface area contributed by atoms with E-state index in [0.717, 1.165) is 57.0 Å². The third-order valence-corrected chi connectivity index (χ3v) is 5.33. The molecular weight excluding hydrogens is 332 g/mol. The summed E-state index contributed by atoms with van der Waals surface area (Å²) in [7, 11) is 1.69. The van der Waals surface area contributed by atoms with E-state index >= 15 is 0 Å². The van der Waals surface area contributed by atoms with Crippen molar-refractivity contribution in [1.29, 1.82) is 0 Å². The van der Waals surface area contributed by atoms with Crippen molar-refractivity contribution in [3.63, 3.8) is 0 Å². The second kappa shape index (κ2) is 8.40. The Morgan fingerprint density at radius 1 is 1.15 bits per heavy atom. The number of likely N-dealkylation sites (tertiary alicyclic amines) is 1. The number of piperazine rings is 1. The molecule has 2 fully saturated rings. The molecule has 7 nitrogen and oxygen atoms in total. The molecule has 0 saturated carbocycles. The van der Waals surface area contributed by atoms with Crippen LogP contribution in [0, 0.1) is 5.92 Å². The third-order valence-electron chi connectivity index (χ3n) is 5.33. The number of amides is 2. The van der Waals surface area contributed by atoms with Crippen molar-refractivity contribution < 1.29 is 14.3 Å². The number of nitrogens with zero attached hydrogens (tertiary/aromatic N) is 3. The molecule has 1 atom stereocenters. The maximum Gasteiger partial charge on any atom is 0.236 e. The average Bonchev–Trinajstić information content (AvgIpc) is 2.68. The first-order valence-electron chi connectivity index (χ1n) is 9.26. The van der Waals surface area contributed by atoms with Gasteiger partial charge >= 0.3 is 0 Å². The van der Waals surface area contributed by atoms with Gasteiger partial charge in [-0.2, -0.15) is 0 Å². The molecule has 1 aromatic rings. The number of hydrogen-bond donors (Lipinski definition) is 1. The van der Waals surface area contributed by atoms with Crippen molar-refractivity contribution >= 4 is 17.5 Å². The average molecular weight is 360 g/mol. The van der Waals surface area contributed by atoms with Crippen LogP contribution in [0.1, 0.15) is 12.8 Å². The second-order valence-corrected chi connectivity index (χ2v) is 7.02. The molecule has 26 heavy (non-hydrogen) atoms. The van der Waals surface area contributed by atoms with E-state index in [1.54, 1.807) is 12.0 Å². The van der Waals surface area contributed by atoms with Crippen molar-refractivity contribution in [3.05, 3.63) is 24.3 Å². The Morgan fingerprint density at radius 2 is 1.88 bits per heavy atom. The molecule has 2 heterocycles. The molecule has 142 valence electrons. The molecule has 0 spiro atoms. The van der Waals surface area contributed by atoms with Crippen LogP contribution in [0.15, 0.2) is 24.3 Å². The molecule has 0 radical (unpaired) electrons. The van der Waals surface area contributed by atoms with Gasteiger partial charge in [0.15, 0.2) is 0 Å². The summed E-state index contributed by atoms with van der Waals surface area (Å²) in [6, 6.07) is 8.02. The fourth-order valence-electron chi connectivity index (χ4n) is 3.77. The number of benzene rings is 1. The SMILES string of the molecule is COc1ccccc1N1CCN(CC(=O)N2CCC[C@H](C(N)=O)C2)CC1. The van der Waals surface area contributed by atoms with E-state index in [1.165, 1.54) is 0 Å². The fourth-order valence-corrected chi connectivity index (χ4v) is 3.77. The van der Waals surface area contributed by atoms with Crippen LogP contribution >= 0.6 is 0 Å². The first kappa shape index (κ1) is 18.5. The summed E-state index contributed by atoms with van der Waals surface area (Å²) >= 11 is 0. The van der Waals surface area contributed by atoms with Gasteiger partial charge in [0.25, 0.3) is 0 Å². The number of carbonyl (C=O) groups is 2. The minimum absolute atomic E-state index is 0.0988. The maximum atomic E-state index is 12.6. The number of piperidine rings is 1. The molecule has 2 aliphatic rings. The van der Waals surface area contributed by atoms with Crippen LogP contribution in [0.5, 0.6) is 5.75 Å². The van der Waals surface area contributed by atoms with Crippen LogP contribution in [0.3, 0.4) is 0 Å². The molecule has 1 aromatic carbocycles. The van der Waals surface area contributed by atoms with Crippen LogP contribution in [0.2, 0.25) is 0 Å². The smallest absolute Gasteiger partial charge is 0.236 e. The summed E-state index contributed by atoms with van der Waals surface area (Å²) < 4.78 is 5.44. The number of methoxy groups -OCH3 is 1. The van der Waals surface area contributed by atoms with Gasteiger partial charge in [-0.15, -0.1) is 0 Å². The monoisotopic (exact) mass is 360 g/mol. The Morgan fingerprint density at radius 3 is 2.58 bits per heavy atom. The highest BCUT2D eigenvalue weighted by molar-refractivity contribution is 5.81. The van der Waals surface area contributed by atoms with Crippen LogP contribution in [0.4, 0.5) is 5.69 Å². The molecule has 0 aromatic heterocycles. The van der Waals surface area contributed by atoms with Crippen molar-refractivity contribution in [2.75, 3.05) is 57.8 Å². The Labute approximate surface area is 154 Å². The molecule has 3 rings (SSSR count). The van der Waals surface area contributed by atoms with E-state index in [0.29, 0.717) is 13.1 Å². The highest BCUT2D eigenvalue weighted by atomic mass is 16.5. The Hall–Kier alpha value is -2.28. The summed E-state index contributed by atoms with van der Waals surface area (Å²) in [5.74, 6) is 0.479. The topological polar surface area (TPSA) is 79.1 Å². The van der Waals surface area contributed by atoms with Crippen molar-refractivity contribution in [3.8, 4) is 5.75 Å². The van der Waals surface area contributed by atoms with Gasteiger partial charge in [0.05, 0.1) is 25.3 Å². The van der Waals surface area contributed by atoms with Crippen molar-refractivity contribution in [2.24, 2.45) is 11.7 Å². The summed E-state index contributed by atoms with van der Waals surface area (Å²) in [5, 5.41) is 0. The number of primary amides is 1. The number of ether oxygens (including phenoxy) is 1. The minimum Gasteiger partial charge on any atom is -0.495 e. The number of rotatable bonds is 5. The molecule has 2 aliphatic heterocycles. The summed E-state index contributed by atoms with van der Waals surface area (Å²) in [5.41, 5.74) is 6.50. The Bertz CT molecular complexity index is 643. The van der Waals surface area contributed by atoms with E-state index < -0.39 is 0 Å². The molecule has 7 heteroatoms. The number of anilines is 1. The predicted molar refractivity (Wildman–Crippen MR) is 100 cm³/mol. The van der Waals surface area contributed by atoms with Gasteiger partial charge in [-0.25, -0.2) is 0 Å². The van der Waals surface area contributed by atoms with Crippen molar-refractivity contribution in [2.45, 2.75) is 12.8 Å². The summed E-state index contributed by atoms with van der Waals surface area (Å²) in [4.78, 5) is 30.3. The van der Waals surface area contributed by atoms with Crippen molar-refractivity contribution in [1.82, 2.24) is 9.80 Å². The third kappa shape index (κ3) is 4.27. The number of nitrogens with two attached hydrogens (primary N) is 1. The molecule has 2 N–H and O–H groups in total. The zero-order valence-corrected chi connectivity index (χ0v) is 15.4. The van der Waals surface area contributed by atoms with Crippen LogP contribution in [0.25, 0.3) is 0 Å². The van der Waals surface area contributed by atoms with E-state index in [9.17, 15) is 9.59 Å². The van der Waals surface area contributed by atoms with Gasteiger partial charge in [-0.05, 0) is 25.0 Å². The number of carbonyl (C=O) groups excluding carboxylic acids is 2. The van der Waals surface area contributed by atoms with Gasteiger partial charge in [0.2, 0.25) is 11.8 Å². The zero-order chi connectivity index (χ0) is 18.5. The highest BCUT2D eigenvalue weighted by Gasteiger charge is 2.28. The molecular formula is C19H28N4O3. The first-order valence-corrected chi connectivity index (χ1v) is 9.26. The number of hydrogen-bond acceptors (Lipinski definition) is 5. The molecule has 0 unspecified atom stereocenters. The predicted octanol–water partition coefficient (Wildman–Crippen LogP) is 0.541. The van der Waals surface area contributed by atoms with E-state index in [-0.39, 0.29) is 17.7 Å². The van der Waals surface area contributed by atoms with Crippen LogP contribution in [-0.4, -0.2) is 74.5 Å². The Kier molecular flexibility index (Phi) is 5.98. The lowest BCUT2D eigenvalue weighted by Crippen LogP contribution is -2.52. The van der Waals surface area contributed by atoms with Gasteiger partial charge in [0, 0.05) is 39.3 Å². The van der Waals surface area contributed by atoms with Gasteiger partial charge in [0.1, 0.15) is 5.75 Å². The zero-order valence-electron chi connectivity index (χ0n) is 15.4. The summed E-state index contributed by atoms with van der Waals surface area (Å²) in [6.07, 6.45) is 1.64. The largest absolute Gasteiger partial charge is 0.495 e. The fraction of sp³-hybridized carbons (Fsp3) is 0.579. The van der Waals surface area contributed by atoms with Crippen LogP contribution in [-0.2, 0) is 9.59 Å². The minimum atomic E-state index is -0.298. The lowest BCUT2D eigenvalue weighted by atomic mass is 9.97. The lowest BCUT2D eigenvalue weighted by molar-refractivity contribution is -0.136. The molecule has 2 saturated heterocycles. The van der Waals surface area contributed by atoms with E-state index in [4.69, 9.17) is 10.5 Å². The normalized spacial score (nSPS) is 21.5. The van der Waals surface area contributed by atoms with E-state index in [2.05, 4.69) is 15.9 Å². The lowest BCUT2D eigenvalue weighted by Gasteiger charge is -2.38. The maximum absolute atomic E-state index is 12.6.